The van der Waals surface area contributed by atoms with Crippen molar-refractivity contribution in [1.29, 1.82) is 0 Å². The van der Waals surface area contributed by atoms with E-state index in [-0.39, 0.29) is 18.2 Å². The monoisotopic (exact) mass is 271 g/mol. The molecule has 0 atom stereocenters. The molecule has 1 aliphatic heterocycles. The van der Waals surface area contributed by atoms with Gasteiger partial charge >= 0.3 is 5.97 Å². The molecule has 1 N–H and O–H groups in total. The Bertz CT molecular complexity index is 443. The van der Waals surface area contributed by atoms with Crippen molar-refractivity contribution in [2.24, 2.45) is 0 Å². The van der Waals surface area contributed by atoms with E-state index in [2.05, 4.69) is 15.5 Å². The lowest BCUT2D eigenvalue weighted by Crippen LogP contribution is -2.29. The van der Waals surface area contributed by atoms with Crippen molar-refractivity contribution >= 4 is 23.6 Å². The van der Waals surface area contributed by atoms with Crippen molar-refractivity contribution in [1.82, 2.24) is 25.1 Å². The van der Waals surface area contributed by atoms with Crippen molar-refractivity contribution in [3.8, 4) is 0 Å². The fourth-order valence-corrected chi connectivity index (χ4v) is 2.49. The maximum atomic E-state index is 11.8. The van der Waals surface area contributed by atoms with Gasteiger partial charge in [0.1, 0.15) is 6.54 Å². The van der Waals surface area contributed by atoms with Crippen LogP contribution in [-0.4, -0.2) is 60.9 Å². The van der Waals surface area contributed by atoms with E-state index in [4.69, 9.17) is 5.11 Å². The second kappa shape index (κ2) is 5.80. The van der Waals surface area contributed by atoms with E-state index in [1.807, 2.05) is 0 Å². The second-order valence-electron chi connectivity index (χ2n) is 3.89. The second-order valence-corrected chi connectivity index (χ2v) is 4.83. The lowest BCUT2D eigenvalue weighted by molar-refractivity contribution is -0.138. The molecule has 2 heterocycles. The van der Waals surface area contributed by atoms with E-state index >= 15 is 0 Å². The number of hydrogen-bond acceptors (Lipinski definition) is 6. The van der Waals surface area contributed by atoms with Crippen LogP contribution in [0.2, 0.25) is 0 Å². The summed E-state index contributed by atoms with van der Waals surface area (Å²) in [4.78, 5) is 24.2. The number of rotatable bonds is 5. The number of amides is 1. The summed E-state index contributed by atoms with van der Waals surface area (Å²) in [6, 6.07) is 0. The highest BCUT2D eigenvalue weighted by atomic mass is 32.2. The van der Waals surface area contributed by atoms with Crippen LogP contribution in [-0.2, 0) is 16.1 Å². The molecule has 1 aliphatic rings. The predicted molar refractivity (Wildman–Crippen MR) is 62.0 cm³/mol. The third-order valence-electron chi connectivity index (χ3n) is 2.57. The number of aliphatic carboxylic acids is 1. The molecular weight excluding hydrogens is 258 g/mol. The van der Waals surface area contributed by atoms with Gasteiger partial charge in [-0.3, -0.25) is 9.59 Å². The summed E-state index contributed by atoms with van der Waals surface area (Å²) in [6.45, 7) is 1.31. The summed E-state index contributed by atoms with van der Waals surface area (Å²) in [5.74, 6) is -0.739. The molecule has 0 bridgehead atoms. The van der Waals surface area contributed by atoms with Gasteiger partial charge in [-0.1, -0.05) is 11.8 Å². The summed E-state index contributed by atoms with van der Waals surface area (Å²) in [5, 5.41) is 19.7. The first-order valence-corrected chi connectivity index (χ1v) is 6.54. The summed E-state index contributed by atoms with van der Waals surface area (Å²) in [6.07, 6.45) is 2.10. The average Bonchev–Trinajstić information content (AvgIpc) is 2.95. The first kappa shape index (κ1) is 12.8. The van der Waals surface area contributed by atoms with Crippen molar-refractivity contribution in [3.05, 3.63) is 0 Å². The van der Waals surface area contributed by atoms with Crippen LogP contribution in [0.4, 0.5) is 0 Å². The topological polar surface area (TPSA) is 101 Å². The van der Waals surface area contributed by atoms with Crippen LogP contribution in [0, 0.1) is 0 Å². The molecule has 18 heavy (non-hydrogen) atoms. The zero-order chi connectivity index (χ0) is 13.0. The summed E-state index contributed by atoms with van der Waals surface area (Å²) >= 11 is 1.16. The SMILES string of the molecule is O=C(O)Cn1nnnc1SCC(=O)N1CCCC1. The molecule has 98 valence electrons. The van der Waals surface area contributed by atoms with Crippen molar-refractivity contribution in [3.63, 3.8) is 0 Å². The highest BCUT2D eigenvalue weighted by molar-refractivity contribution is 7.99. The van der Waals surface area contributed by atoms with E-state index in [0.29, 0.717) is 5.16 Å². The highest BCUT2D eigenvalue weighted by Gasteiger charge is 2.19. The minimum atomic E-state index is -1.02. The predicted octanol–water partition coefficient (Wildman–Crippen LogP) is -0.528. The first-order chi connectivity index (χ1) is 8.66. The van der Waals surface area contributed by atoms with E-state index in [1.54, 1.807) is 4.90 Å². The summed E-state index contributed by atoms with van der Waals surface area (Å²) in [7, 11) is 0. The van der Waals surface area contributed by atoms with Gasteiger partial charge in [-0.05, 0) is 23.3 Å². The lowest BCUT2D eigenvalue weighted by atomic mass is 10.4. The smallest absolute Gasteiger partial charge is 0.325 e. The molecule has 1 fully saturated rings. The number of likely N-dealkylation sites (tertiary alicyclic amines) is 1. The highest BCUT2D eigenvalue weighted by Crippen LogP contribution is 2.16. The van der Waals surface area contributed by atoms with Crippen LogP contribution in [0.3, 0.4) is 0 Å². The molecule has 8 nitrogen and oxygen atoms in total. The molecule has 2 rings (SSSR count). The molecule has 0 aliphatic carbocycles. The lowest BCUT2D eigenvalue weighted by Gasteiger charge is -2.14. The zero-order valence-corrected chi connectivity index (χ0v) is 10.5. The van der Waals surface area contributed by atoms with Crippen LogP contribution in [0.1, 0.15) is 12.8 Å². The Morgan fingerprint density at radius 2 is 2.06 bits per heavy atom. The van der Waals surface area contributed by atoms with Gasteiger partial charge in [0.05, 0.1) is 5.75 Å². The molecular formula is C9H13N5O3S. The summed E-state index contributed by atoms with van der Waals surface area (Å²) < 4.78 is 1.17. The minimum Gasteiger partial charge on any atom is -0.480 e. The quantitative estimate of drug-likeness (QED) is 0.718. The third kappa shape index (κ3) is 3.19. The minimum absolute atomic E-state index is 0.0439. The normalized spacial score (nSPS) is 15.0. The van der Waals surface area contributed by atoms with Gasteiger partial charge in [0.15, 0.2) is 0 Å². The number of thioether (sulfide) groups is 1. The molecule has 1 aromatic heterocycles. The standard InChI is InChI=1S/C9H13N5O3S/c15-7(13-3-1-2-4-13)6-18-9-10-11-12-14(9)5-8(16)17/h1-6H2,(H,16,17). The molecule has 1 amide bonds. The van der Waals surface area contributed by atoms with Crippen LogP contribution >= 0.6 is 11.8 Å². The maximum absolute atomic E-state index is 11.8. The molecule has 0 radical (unpaired) electrons. The Kier molecular flexibility index (Phi) is 4.13. The molecule has 1 aromatic rings. The van der Waals surface area contributed by atoms with Gasteiger partial charge in [-0.25, -0.2) is 4.68 Å². The number of carboxylic acid groups (broad SMARTS) is 1. The Morgan fingerprint density at radius 3 is 2.72 bits per heavy atom. The summed E-state index contributed by atoms with van der Waals surface area (Å²) in [5.41, 5.74) is 0. The van der Waals surface area contributed by atoms with Gasteiger partial charge in [-0.15, -0.1) is 5.10 Å². The largest absolute Gasteiger partial charge is 0.480 e. The number of tetrazole rings is 1. The van der Waals surface area contributed by atoms with Crippen molar-refractivity contribution in [2.75, 3.05) is 18.8 Å². The number of carbonyl (C=O) groups excluding carboxylic acids is 1. The number of carbonyl (C=O) groups is 2. The fraction of sp³-hybridized carbons (Fsp3) is 0.667. The van der Waals surface area contributed by atoms with Gasteiger partial charge in [0, 0.05) is 13.1 Å². The van der Waals surface area contributed by atoms with E-state index in [1.165, 1.54) is 4.68 Å². The Morgan fingerprint density at radius 1 is 1.33 bits per heavy atom. The Balaban J connectivity index is 1.87. The molecule has 0 aromatic carbocycles. The Hall–Kier alpha value is -1.64. The number of nitrogens with zero attached hydrogens (tertiary/aromatic N) is 5. The molecule has 0 saturated carbocycles. The van der Waals surface area contributed by atoms with Gasteiger partial charge < -0.3 is 10.0 Å². The van der Waals surface area contributed by atoms with Crippen molar-refractivity contribution < 1.29 is 14.7 Å². The van der Waals surface area contributed by atoms with Crippen LogP contribution < -0.4 is 0 Å². The van der Waals surface area contributed by atoms with E-state index in [0.717, 1.165) is 37.7 Å². The number of aromatic nitrogens is 4. The van der Waals surface area contributed by atoms with Gasteiger partial charge in [0.25, 0.3) is 0 Å². The van der Waals surface area contributed by atoms with E-state index < -0.39 is 5.97 Å². The average molecular weight is 271 g/mol. The first-order valence-electron chi connectivity index (χ1n) is 5.55. The number of carboxylic acids is 1. The van der Waals surface area contributed by atoms with Gasteiger partial charge in [0.2, 0.25) is 11.1 Å². The van der Waals surface area contributed by atoms with Crippen LogP contribution in [0.5, 0.6) is 0 Å². The zero-order valence-electron chi connectivity index (χ0n) is 9.65. The van der Waals surface area contributed by atoms with Gasteiger partial charge in [-0.2, -0.15) is 0 Å². The number of hydrogen-bond donors (Lipinski definition) is 1. The molecule has 9 heteroatoms. The Labute approximate surface area is 107 Å². The molecule has 1 saturated heterocycles. The fourth-order valence-electron chi connectivity index (χ4n) is 1.71. The third-order valence-corrected chi connectivity index (χ3v) is 3.51. The maximum Gasteiger partial charge on any atom is 0.325 e. The molecule has 0 spiro atoms. The molecule has 0 unspecified atom stereocenters. The van der Waals surface area contributed by atoms with E-state index in [9.17, 15) is 9.59 Å². The van der Waals surface area contributed by atoms with Crippen molar-refractivity contribution in [2.45, 2.75) is 24.5 Å². The van der Waals surface area contributed by atoms with Crippen LogP contribution in [0.15, 0.2) is 5.16 Å². The van der Waals surface area contributed by atoms with Crippen LogP contribution in [0.25, 0.3) is 0 Å².